The van der Waals surface area contributed by atoms with Gasteiger partial charge in [0.1, 0.15) is 49.6 Å². The van der Waals surface area contributed by atoms with Gasteiger partial charge >= 0.3 is 11.9 Å². The molecular weight excluding hydrogens is 1600 g/mol. The lowest BCUT2D eigenvalue weighted by molar-refractivity contribution is -0.144. The maximum atomic E-state index is 11.8. The minimum Gasteiger partial charge on any atom is -0.481 e. The zero-order valence-electron chi connectivity index (χ0n) is 75.2. The van der Waals surface area contributed by atoms with Crippen molar-refractivity contribution in [3.8, 4) is 0 Å². The monoisotopic (exact) mass is 1760 g/mol. The Labute approximate surface area is 726 Å². The van der Waals surface area contributed by atoms with E-state index in [-0.39, 0.29) is 189 Å². The van der Waals surface area contributed by atoms with Crippen LogP contribution in [0.3, 0.4) is 0 Å². The quantitative estimate of drug-likeness (QED) is 0.0456. The maximum absolute atomic E-state index is 11.8. The zero-order valence-corrected chi connectivity index (χ0v) is 75.2. The second kappa shape index (κ2) is 86.2. The summed E-state index contributed by atoms with van der Waals surface area (Å²) in [5.74, 6) is -4.46. The smallest absolute Gasteiger partial charge is 0.306 e. The van der Waals surface area contributed by atoms with Gasteiger partial charge in [0.25, 0.3) is 0 Å². The van der Waals surface area contributed by atoms with E-state index in [4.69, 9.17) is 105 Å². The summed E-state index contributed by atoms with van der Waals surface area (Å²) >= 11 is 0. The van der Waals surface area contributed by atoms with Crippen molar-refractivity contribution in [3.05, 3.63) is 0 Å². The Morgan fingerprint density at radius 3 is 0.705 bits per heavy atom. The maximum Gasteiger partial charge on any atom is 0.306 e. The number of ether oxygens (including phenoxy) is 20. The third-order valence-corrected chi connectivity index (χ3v) is 16.5. The van der Waals surface area contributed by atoms with Crippen molar-refractivity contribution in [1.29, 1.82) is 0 Å². The van der Waals surface area contributed by atoms with Crippen molar-refractivity contribution in [2.75, 3.05) is 277 Å². The molecule has 0 aliphatic heterocycles. The molecule has 2 atom stereocenters. The molecule has 0 aromatic rings. The van der Waals surface area contributed by atoms with Crippen LogP contribution in [0.15, 0.2) is 0 Å². The molecule has 0 saturated carbocycles. The lowest BCUT2D eigenvalue weighted by Gasteiger charge is -2.16. The molecule has 0 radical (unpaired) electrons. The SMILES string of the molecule is C.CC(=O)C[C@@H](CCC(=O)NCCOCCOCC(=O)CCCOCCOCC(=O)C(C)(C)C)C(=O)O.CC(=O)C[C@@H](CCC(=O)NCCOCCOCC(=O)CCCOCCOCC(=O)C(C)(C)C)C(=O)O.CCC(=O)CCCOCCOCCOCCOCCOCCOCCOCCOCCOCCOCCOCCOCCC(=O)C(C)(C)C. The van der Waals surface area contributed by atoms with Gasteiger partial charge in [-0.1, -0.05) is 76.7 Å². The van der Waals surface area contributed by atoms with Crippen LogP contribution in [-0.4, -0.2) is 358 Å². The highest BCUT2D eigenvalue weighted by Gasteiger charge is 2.25. The number of ketones is 8. The van der Waals surface area contributed by atoms with Crippen LogP contribution >= 0.6 is 0 Å². The number of Topliss-reactive ketones (excluding diaryl/α,β-unsaturated/α-hetero) is 8. The van der Waals surface area contributed by atoms with Crippen LogP contribution in [0.25, 0.3) is 0 Å². The summed E-state index contributed by atoms with van der Waals surface area (Å²) in [6, 6.07) is 0. The molecule has 0 spiro atoms. The van der Waals surface area contributed by atoms with E-state index < -0.39 is 34.6 Å². The molecule has 0 unspecified atom stereocenters. The van der Waals surface area contributed by atoms with Crippen LogP contribution < -0.4 is 10.6 Å². The summed E-state index contributed by atoms with van der Waals surface area (Å²) in [4.78, 5) is 138. The fourth-order valence-electron chi connectivity index (χ4n) is 9.14. The molecule has 36 heteroatoms. The average molecular weight is 1760 g/mol. The second-order valence-corrected chi connectivity index (χ2v) is 30.7. The first-order valence-electron chi connectivity index (χ1n) is 42.4. The average Bonchev–Trinajstić information content (AvgIpc) is 0.922. The van der Waals surface area contributed by atoms with Crippen molar-refractivity contribution in [2.24, 2.45) is 28.1 Å². The highest BCUT2D eigenvalue weighted by molar-refractivity contribution is 5.86. The number of carboxylic acids is 2. The number of carbonyl (C=O) groups is 12. The fraction of sp³-hybridized carbons (Fsp3) is 0.860. The van der Waals surface area contributed by atoms with E-state index in [2.05, 4.69) is 10.6 Å². The molecule has 0 aromatic heterocycles. The van der Waals surface area contributed by atoms with Crippen LogP contribution in [0, 0.1) is 28.1 Å². The summed E-state index contributed by atoms with van der Waals surface area (Å²) in [7, 11) is 0. The van der Waals surface area contributed by atoms with Crippen molar-refractivity contribution in [2.45, 2.75) is 180 Å². The fourth-order valence-corrected chi connectivity index (χ4v) is 9.14. The van der Waals surface area contributed by atoms with E-state index in [1.807, 2.05) is 69.2 Å². The van der Waals surface area contributed by atoms with Gasteiger partial charge in [-0.2, -0.15) is 0 Å². The van der Waals surface area contributed by atoms with Gasteiger partial charge in [0, 0.05) is 107 Å². The molecule has 0 rings (SSSR count). The minimum atomic E-state index is -1.08. The molecule has 0 aliphatic rings. The van der Waals surface area contributed by atoms with Crippen molar-refractivity contribution < 1.29 is 162 Å². The van der Waals surface area contributed by atoms with Crippen LogP contribution in [0.1, 0.15) is 180 Å². The predicted octanol–water partition coefficient (Wildman–Crippen LogP) is 6.77. The molecular formula is C86H158N2O34. The second-order valence-electron chi connectivity index (χ2n) is 30.7. The highest BCUT2D eigenvalue weighted by Crippen LogP contribution is 2.18. The first-order valence-corrected chi connectivity index (χ1v) is 42.4. The number of nitrogens with one attached hydrogen (secondary N) is 2. The topological polar surface area (TPSA) is 454 Å². The first kappa shape index (κ1) is 123. The number of hydrogen-bond acceptors (Lipinski definition) is 32. The molecule has 2 amide bonds. The number of carbonyl (C=O) groups excluding carboxylic acids is 10. The van der Waals surface area contributed by atoms with E-state index in [9.17, 15) is 57.5 Å². The van der Waals surface area contributed by atoms with Crippen LogP contribution in [0.4, 0.5) is 0 Å². The summed E-state index contributed by atoms with van der Waals surface area (Å²) in [5.41, 5.74) is -1.15. The molecule has 0 bridgehead atoms. The van der Waals surface area contributed by atoms with E-state index in [0.29, 0.717) is 243 Å². The molecule has 0 aromatic carbocycles. The van der Waals surface area contributed by atoms with Crippen LogP contribution in [0.2, 0.25) is 0 Å². The standard InChI is InChI=1S/C35H68O14.2C25H43NO10.CH4/c1-5-33(36)7-6-9-38-11-13-40-15-17-42-19-21-44-23-25-46-27-29-48-31-32-49-30-28-47-26-24-45-22-20-43-18-16-41-14-12-39-10-8-34(37)35(2,3)4;2*1-19(27)16-20(24(31)32)7-8-23(30)26-9-11-34-13-14-35-17-21(28)6-5-10-33-12-15-36-18-22(29)25(2,3)4;/h5-32H2,1-4H3;2*20H,5-18H2,1-4H3,(H,26,30)(H,31,32);1H4/t;2*20-;/m.11./s1. The Kier molecular flexibility index (Phi) is 86.7. The normalized spacial score (nSPS) is 12.0. The Morgan fingerprint density at radius 1 is 0.262 bits per heavy atom. The lowest BCUT2D eigenvalue weighted by Crippen LogP contribution is -2.29. The van der Waals surface area contributed by atoms with Gasteiger partial charge in [-0.05, 0) is 46.0 Å². The van der Waals surface area contributed by atoms with Gasteiger partial charge in [-0.15, -0.1) is 0 Å². The lowest BCUT2D eigenvalue weighted by atomic mass is 9.89. The number of hydrogen-bond donors (Lipinski definition) is 4. The number of aliphatic carboxylic acids is 2. The van der Waals surface area contributed by atoms with E-state index >= 15 is 0 Å². The minimum absolute atomic E-state index is 0. The van der Waals surface area contributed by atoms with E-state index in [1.54, 1.807) is 0 Å². The summed E-state index contributed by atoms with van der Waals surface area (Å²) in [6.45, 7) is 37.7. The van der Waals surface area contributed by atoms with Gasteiger partial charge in [-0.25, -0.2) is 0 Å². The van der Waals surface area contributed by atoms with Crippen molar-refractivity contribution in [3.63, 3.8) is 0 Å². The number of rotatable bonds is 87. The van der Waals surface area contributed by atoms with Crippen molar-refractivity contribution >= 4 is 70.0 Å². The highest BCUT2D eigenvalue weighted by atomic mass is 16.6. The third-order valence-electron chi connectivity index (χ3n) is 16.5. The van der Waals surface area contributed by atoms with Gasteiger partial charge < -0.3 is 125 Å². The van der Waals surface area contributed by atoms with Gasteiger partial charge in [0.2, 0.25) is 11.8 Å². The number of amides is 2. The molecule has 716 valence electrons. The summed E-state index contributed by atoms with van der Waals surface area (Å²) < 4.78 is 108. The molecule has 0 saturated heterocycles. The molecule has 36 nitrogen and oxygen atoms in total. The summed E-state index contributed by atoms with van der Waals surface area (Å²) in [5, 5.41) is 23.4. The van der Waals surface area contributed by atoms with Gasteiger partial charge in [0.15, 0.2) is 23.1 Å². The van der Waals surface area contributed by atoms with Gasteiger partial charge in [-0.3, -0.25) is 47.9 Å². The van der Waals surface area contributed by atoms with E-state index in [0.717, 1.165) is 6.42 Å². The molecule has 0 fully saturated rings. The van der Waals surface area contributed by atoms with E-state index in [1.165, 1.54) is 13.8 Å². The molecule has 0 heterocycles. The number of carboxylic acid groups (broad SMARTS) is 2. The zero-order chi connectivity index (χ0) is 90.7. The van der Waals surface area contributed by atoms with Crippen LogP contribution in [-0.2, 0) is 152 Å². The molecule has 0 aliphatic carbocycles. The third kappa shape index (κ3) is 92.1. The Balaban J connectivity index is -0.000000868. The largest absolute Gasteiger partial charge is 0.481 e. The predicted molar refractivity (Wildman–Crippen MR) is 451 cm³/mol. The Hall–Kier alpha value is -5.56. The van der Waals surface area contributed by atoms with Crippen molar-refractivity contribution in [1.82, 2.24) is 10.6 Å². The Morgan fingerprint density at radius 2 is 0.475 bits per heavy atom. The summed E-state index contributed by atoms with van der Waals surface area (Å²) in [6.07, 6.45) is 4.27. The molecule has 4 N–H and O–H groups in total. The first-order chi connectivity index (χ1) is 57.7. The molecule has 122 heavy (non-hydrogen) atoms. The van der Waals surface area contributed by atoms with Gasteiger partial charge in [0.05, 0.1) is 230 Å². The Bertz CT molecular complexity index is 2520. The van der Waals surface area contributed by atoms with Crippen LogP contribution in [0.5, 0.6) is 0 Å².